The van der Waals surface area contributed by atoms with Gasteiger partial charge in [0.05, 0.1) is 0 Å². The lowest BCUT2D eigenvalue weighted by Crippen LogP contribution is -2.21. The van der Waals surface area contributed by atoms with E-state index in [9.17, 15) is 8.42 Å². The molecule has 4 nitrogen and oxygen atoms in total. The molecule has 1 aromatic rings. The number of hydrogen-bond acceptors (Lipinski definition) is 3. The third kappa shape index (κ3) is 2.05. The van der Waals surface area contributed by atoms with E-state index in [2.05, 4.69) is 9.71 Å². The quantitative estimate of drug-likeness (QED) is 0.775. The third-order valence-electron chi connectivity index (χ3n) is 1.75. The Labute approximate surface area is 78.1 Å². The second kappa shape index (κ2) is 3.85. The molecule has 13 heavy (non-hydrogen) atoms. The van der Waals surface area contributed by atoms with Crippen LogP contribution in [0.1, 0.15) is 12.5 Å². The molecular weight excluding hydrogens is 188 g/mol. The first-order chi connectivity index (χ1) is 6.11. The Morgan fingerprint density at radius 3 is 2.77 bits per heavy atom. The van der Waals surface area contributed by atoms with Gasteiger partial charge in [-0.3, -0.25) is 0 Å². The molecule has 0 atom stereocenters. The van der Waals surface area contributed by atoms with E-state index in [1.165, 1.54) is 13.2 Å². The molecule has 0 aliphatic heterocycles. The first-order valence-electron chi connectivity index (χ1n) is 3.99. The molecule has 0 spiro atoms. The van der Waals surface area contributed by atoms with Gasteiger partial charge in [-0.05, 0) is 25.1 Å². The van der Waals surface area contributed by atoms with Crippen LogP contribution in [-0.4, -0.2) is 20.4 Å². The molecule has 0 radical (unpaired) electrons. The van der Waals surface area contributed by atoms with E-state index in [0.29, 0.717) is 6.42 Å². The molecule has 1 rings (SSSR count). The van der Waals surface area contributed by atoms with Crippen LogP contribution in [0.25, 0.3) is 0 Å². The highest BCUT2D eigenvalue weighted by Crippen LogP contribution is 2.11. The molecule has 0 bridgehead atoms. The normalized spacial score (nSPS) is 11.5. The second-order valence-electron chi connectivity index (χ2n) is 2.53. The zero-order valence-corrected chi connectivity index (χ0v) is 8.43. The summed E-state index contributed by atoms with van der Waals surface area (Å²) in [6.45, 7) is 1.89. The molecule has 0 aromatic carbocycles. The lowest BCUT2D eigenvalue weighted by molar-refractivity contribution is 0.583. The van der Waals surface area contributed by atoms with E-state index in [1.54, 1.807) is 12.1 Å². The molecular formula is C8H12N2O2S. The summed E-state index contributed by atoms with van der Waals surface area (Å²) in [5.74, 6) is 0. The van der Waals surface area contributed by atoms with E-state index < -0.39 is 10.0 Å². The largest absolute Gasteiger partial charge is 0.258 e. The Bertz CT molecular complexity index is 387. The van der Waals surface area contributed by atoms with E-state index >= 15 is 0 Å². The molecule has 0 saturated carbocycles. The first kappa shape index (κ1) is 10.1. The molecule has 72 valence electrons. The summed E-state index contributed by atoms with van der Waals surface area (Å²) in [6, 6.07) is 3.49. The number of aromatic nitrogens is 1. The van der Waals surface area contributed by atoms with Gasteiger partial charge in [0.2, 0.25) is 0 Å². The van der Waals surface area contributed by atoms with Gasteiger partial charge in [0, 0.05) is 6.20 Å². The highest BCUT2D eigenvalue weighted by atomic mass is 32.2. The Morgan fingerprint density at radius 1 is 1.54 bits per heavy atom. The molecule has 1 N–H and O–H groups in total. The van der Waals surface area contributed by atoms with Gasteiger partial charge in [-0.2, -0.15) is 0 Å². The molecule has 0 unspecified atom stereocenters. The van der Waals surface area contributed by atoms with Crippen LogP contribution in [0.3, 0.4) is 0 Å². The maximum atomic E-state index is 11.4. The maximum absolute atomic E-state index is 11.4. The minimum atomic E-state index is -3.40. The van der Waals surface area contributed by atoms with Crippen molar-refractivity contribution >= 4 is 10.0 Å². The number of pyridine rings is 1. The van der Waals surface area contributed by atoms with Gasteiger partial charge in [-0.25, -0.2) is 18.1 Å². The van der Waals surface area contributed by atoms with Crippen molar-refractivity contribution in [2.75, 3.05) is 7.05 Å². The van der Waals surface area contributed by atoms with E-state index in [0.717, 1.165) is 5.56 Å². The van der Waals surface area contributed by atoms with E-state index in [4.69, 9.17) is 0 Å². The van der Waals surface area contributed by atoms with E-state index in [1.807, 2.05) is 6.92 Å². The average molecular weight is 200 g/mol. The highest BCUT2D eigenvalue weighted by Gasteiger charge is 2.16. The van der Waals surface area contributed by atoms with Crippen molar-refractivity contribution in [3.63, 3.8) is 0 Å². The van der Waals surface area contributed by atoms with Crippen molar-refractivity contribution in [1.29, 1.82) is 0 Å². The minimum Gasteiger partial charge on any atom is -0.243 e. The van der Waals surface area contributed by atoms with Crippen LogP contribution < -0.4 is 4.72 Å². The molecule has 0 aliphatic carbocycles. The Morgan fingerprint density at radius 2 is 2.23 bits per heavy atom. The molecule has 0 aliphatic rings. The summed E-state index contributed by atoms with van der Waals surface area (Å²) < 4.78 is 25.1. The van der Waals surface area contributed by atoms with Crippen LogP contribution in [-0.2, 0) is 16.4 Å². The van der Waals surface area contributed by atoms with Crippen LogP contribution in [0.4, 0.5) is 0 Å². The van der Waals surface area contributed by atoms with Gasteiger partial charge in [0.15, 0.2) is 5.03 Å². The van der Waals surface area contributed by atoms with Gasteiger partial charge in [-0.15, -0.1) is 0 Å². The summed E-state index contributed by atoms with van der Waals surface area (Å²) in [5.41, 5.74) is 0.733. The molecule has 0 fully saturated rings. The van der Waals surface area contributed by atoms with Crippen LogP contribution in [0.5, 0.6) is 0 Å². The summed E-state index contributed by atoms with van der Waals surface area (Å²) >= 11 is 0. The molecule has 0 amide bonds. The number of hydrogen-bond donors (Lipinski definition) is 1. The average Bonchev–Trinajstić information content (AvgIpc) is 2.18. The van der Waals surface area contributed by atoms with Gasteiger partial charge < -0.3 is 0 Å². The van der Waals surface area contributed by atoms with E-state index in [-0.39, 0.29) is 5.03 Å². The third-order valence-corrected chi connectivity index (χ3v) is 3.17. The van der Waals surface area contributed by atoms with Crippen LogP contribution >= 0.6 is 0 Å². The lowest BCUT2D eigenvalue weighted by atomic mass is 10.2. The zero-order valence-electron chi connectivity index (χ0n) is 7.61. The Balaban J connectivity index is 3.29. The van der Waals surface area contributed by atoms with Gasteiger partial charge in [0.25, 0.3) is 10.0 Å². The molecule has 5 heteroatoms. The highest BCUT2D eigenvalue weighted by molar-refractivity contribution is 7.89. The summed E-state index contributed by atoms with van der Waals surface area (Å²) in [7, 11) is -2.02. The topological polar surface area (TPSA) is 59.1 Å². The van der Waals surface area contributed by atoms with Crippen molar-refractivity contribution in [2.45, 2.75) is 18.4 Å². The van der Waals surface area contributed by atoms with Crippen molar-refractivity contribution in [3.8, 4) is 0 Å². The van der Waals surface area contributed by atoms with Crippen LogP contribution in [0, 0.1) is 0 Å². The fourth-order valence-corrected chi connectivity index (χ4v) is 1.98. The number of sulfonamides is 1. The monoisotopic (exact) mass is 200 g/mol. The number of rotatable bonds is 3. The fraction of sp³-hybridized carbons (Fsp3) is 0.375. The minimum absolute atomic E-state index is 0.125. The second-order valence-corrected chi connectivity index (χ2v) is 4.33. The van der Waals surface area contributed by atoms with Crippen LogP contribution in [0.2, 0.25) is 0 Å². The van der Waals surface area contributed by atoms with Gasteiger partial charge >= 0.3 is 0 Å². The number of nitrogens with zero attached hydrogens (tertiary/aromatic N) is 1. The summed E-state index contributed by atoms with van der Waals surface area (Å²) in [6.07, 6.45) is 2.13. The smallest absolute Gasteiger partial charge is 0.243 e. The van der Waals surface area contributed by atoms with Gasteiger partial charge in [-0.1, -0.05) is 13.0 Å². The molecule has 1 heterocycles. The van der Waals surface area contributed by atoms with Crippen LogP contribution in [0.15, 0.2) is 23.4 Å². The van der Waals surface area contributed by atoms with Crippen molar-refractivity contribution in [3.05, 3.63) is 23.9 Å². The van der Waals surface area contributed by atoms with Gasteiger partial charge in [0.1, 0.15) is 0 Å². The number of nitrogens with one attached hydrogen (secondary N) is 1. The maximum Gasteiger partial charge on any atom is 0.258 e. The zero-order chi connectivity index (χ0) is 9.90. The SMILES string of the molecule is CCc1cccnc1S(=O)(=O)NC. The van der Waals surface area contributed by atoms with Crippen molar-refractivity contribution in [2.24, 2.45) is 0 Å². The Hall–Kier alpha value is -0.940. The molecule has 1 aromatic heterocycles. The standard InChI is InChI=1S/C8H12N2O2S/c1-3-7-5-4-6-10-8(7)13(11,12)9-2/h4-6,9H,3H2,1-2H3. The predicted octanol–water partition coefficient (Wildman–Crippen LogP) is 0.552. The summed E-state index contributed by atoms with van der Waals surface area (Å²) in [4.78, 5) is 3.84. The summed E-state index contributed by atoms with van der Waals surface area (Å²) in [5, 5.41) is 0.125. The number of aryl methyl sites for hydroxylation is 1. The lowest BCUT2D eigenvalue weighted by Gasteiger charge is -2.05. The van der Waals surface area contributed by atoms with Crippen molar-refractivity contribution < 1.29 is 8.42 Å². The molecule has 0 saturated heterocycles. The Kier molecular flexibility index (Phi) is 3.00. The van der Waals surface area contributed by atoms with Crippen molar-refractivity contribution in [1.82, 2.24) is 9.71 Å². The fourth-order valence-electron chi connectivity index (χ4n) is 1.03. The predicted molar refractivity (Wildman–Crippen MR) is 49.9 cm³/mol. The first-order valence-corrected chi connectivity index (χ1v) is 5.47.